The molecule has 0 amide bonds. The molecule has 240 valence electrons. The number of benzene rings is 5. The Hall–Kier alpha value is -5.81. The van der Waals surface area contributed by atoms with E-state index in [2.05, 4.69) is 78.4 Å². The van der Waals surface area contributed by atoms with Crippen molar-refractivity contribution < 1.29 is 13.2 Å². The van der Waals surface area contributed by atoms with Crippen molar-refractivity contribution in [3.63, 3.8) is 0 Å². The first-order valence-corrected chi connectivity index (χ1v) is 16.1. The summed E-state index contributed by atoms with van der Waals surface area (Å²) in [5, 5.41) is 0. The molecule has 0 fully saturated rings. The lowest BCUT2D eigenvalue weighted by Gasteiger charge is -2.21. The molecule has 0 saturated heterocycles. The number of aryl methyl sites for hydroxylation is 3. The van der Waals surface area contributed by atoms with Crippen LogP contribution in [0.4, 0.5) is 13.2 Å². The van der Waals surface area contributed by atoms with Crippen molar-refractivity contribution in [2.75, 3.05) is 0 Å². The molecule has 0 aliphatic rings. The van der Waals surface area contributed by atoms with Crippen LogP contribution < -0.4 is 0 Å². The van der Waals surface area contributed by atoms with E-state index in [1.54, 1.807) is 6.07 Å². The average Bonchev–Trinajstić information content (AvgIpc) is 3.12. The molecular formula is C44H33F3N2. The Morgan fingerprint density at radius 2 is 0.837 bits per heavy atom. The van der Waals surface area contributed by atoms with Crippen molar-refractivity contribution in [1.82, 2.24) is 9.97 Å². The number of hydrogen-bond donors (Lipinski definition) is 0. The van der Waals surface area contributed by atoms with Gasteiger partial charge in [0, 0.05) is 35.9 Å². The fourth-order valence-corrected chi connectivity index (χ4v) is 6.56. The van der Waals surface area contributed by atoms with Gasteiger partial charge in [0.05, 0.1) is 5.56 Å². The molecule has 2 nitrogen and oxygen atoms in total. The first-order chi connectivity index (χ1) is 23.7. The van der Waals surface area contributed by atoms with Gasteiger partial charge in [0.1, 0.15) is 0 Å². The molecule has 2 aromatic heterocycles. The molecule has 49 heavy (non-hydrogen) atoms. The van der Waals surface area contributed by atoms with E-state index in [9.17, 15) is 13.2 Å². The number of aromatic nitrogens is 2. The maximum Gasteiger partial charge on any atom is 0.417 e. The standard InChI is InChI=1S/C44H33F3N2/c1-28-14-16-33(41-26-48-20-18-30(41)3)22-35(28)39-24-38(32-12-8-5-9-13-32)40(25-37(39)31-10-6-4-7-11-31)36-23-34(17-15-29(36)2)42-27-49-21-19-43(42)44(45,46)47/h4-27H,1-3H3. The second-order valence-electron chi connectivity index (χ2n) is 12.3. The predicted molar refractivity (Wildman–Crippen MR) is 194 cm³/mol. The van der Waals surface area contributed by atoms with Crippen LogP contribution >= 0.6 is 0 Å². The van der Waals surface area contributed by atoms with E-state index >= 15 is 0 Å². The van der Waals surface area contributed by atoms with Crippen molar-refractivity contribution in [2.24, 2.45) is 0 Å². The summed E-state index contributed by atoms with van der Waals surface area (Å²) in [6, 6.07) is 40.0. The van der Waals surface area contributed by atoms with Gasteiger partial charge in [0.2, 0.25) is 0 Å². The van der Waals surface area contributed by atoms with Crippen LogP contribution in [0.5, 0.6) is 0 Å². The predicted octanol–water partition coefficient (Wildman–Crippen LogP) is 12.4. The monoisotopic (exact) mass is 646 g/mol. The van der Waals surface area contributed by atoms with Crippen LogP contribution in [0.2, 0.25) is 0 Å². The van der Waals surface area contributed by atoms with Crippen LogP contribution in [0.3, 0.4) is 0 Å². The van der Waals surface area contributed by atoms with Crippen LogP contribution in [-0.4, -0.2) is 9.97 Å². The molecule has 0 saturated carbocycles. The summed E-state index contributed by atoms with van der Waals surface area (Å²) >= 11 is 0. The summed E-state index contributed by atoms with van der Waals surface area (Å²) in [5.41, 5.74) is 13.2. The lowest BCUT2D eigenvalue weighted by Crippen LogP contribution is -2.07. The maximum absolute atomic E-state index is 14.1. The van der Waals surface area contributed by atoms with Crippen molar-refractivity contribution in [3.8, 4) is 66.8 Å². The summed E-state index contributed by atoms with van der Waals surface area (Å²) in [7, 11) is 0. The fourth-order valence-electron chi connectivity index (χ4n) is 6.56. The normalized spacial score (nSPS) is 11.5. The Labute approximate surface area is 284 Å². The molecule has 5 aromatic carbocycles. The SMILES string of the molecule is Cc1ccncc1-c1ccc(C)c(-c2cc(-c3ccccc3)c(-c3cc(-c4cnccc4C(F)(F)F)ccc3C)cc2-c2ccccc2)c1. The van der Waals surface area contributed by atoms with E-state index < -0.39 is 11.7 Å². The maximum atomic E-state index is 14.1. The molecule has 0 spiro atoms. The molecule has 0 aliphatic carbocycles. The highest BCUT2D eigenvalue weighted by Crippen LogP contribution is 2.46. The lowest BCUT2D eigenvalue weighted by atomic mass is 9.82. The van der Waals surface area contributed by atoms with E-state index in [1.807, 2.05) is 73.9 Å². The molecule has 0 aliphatic heterocycles. The minimum absolute atomic E-state index is 0.0514. The summed E-state index contributed by atoms with van der Waals surface area (Å²) < 4.78 is 42.4. The molecule has 7 rings (SSSR count). The topological polar surface area (TPSA) is 25.8 Å². The van der Waals surface area contributed by atoms with Gasteiger partial charge in [-0.2, -0.15) is 13.2 Å². The molecular weight excluding hydrogens is 613 g/mol. The summed E-state index contributed by atoms with van der Waals surface area (Å²) in [6.45, 7) is 6.22. The third-order valence-corrected chi connectivity index (χ3v) is 9.17. The van der Waals surface area contributed by atoms with Crippen LogP contribution in [0, 0.1) is 20.8 Å². The second-order valence-corrected chi connectivity index (χ2v) is 12.3. The van der Waals surface area contributed by atoms with Gasteiger partial charge in [-0.05, 0) is 129 Å². The zero-order valence-corrected chi connectivity index (χ0v) is 27.4. The molecule has 0 bridgehead atoms. The molecule has 2 heterocycles. The number of pyridine rings is 2. The minimum atomic E-state index is -4.51. The number of hydrogen-bond acceptors (Lipinski definition) is 2. The van der Waals surface area contributed by atoms with Gasteiger partial charge in [-0.1, -0.05) is 84.9 Å². The largest absolute Gasteiger partial charge is 0.417 e. The number of rotatable bonds is 6. The Morgan fingerprint density at radius 3 is 1.33 bits per heavy atom. The zero-order valence-electron chi connectivity index (χ0n) is 27.4. The van der Waals surface area contributed by atoms with E-state index in [-0.39, 0.29) is 5.56 Å². The van der Waals surface area contributed by atoms with Crippen LogP contribution in [-0.2, 0) is 6.18 Å². The minimum Gasteiger partial charge on any atom is -0.264 e. The molecule has 5 heteroatoms. The van der Waals surface area contributed by atoms with Crippen molar-refractivity contribution >= 4 is 0 Å². The Bertz CT molecular complexity index is 2290. The summed E-state index contributed by atoms with van der Waals surface area (Å²) in [6.07, 6.45) is 1.69. The molecule has 0 unspecified atom stereocenters. The van der Waals surface area contributed by atoms with Gasteiger partial charge < -0.3 is 0 Å². The number of nitrogens with zero attached hydrogens (tertiary/aromatic N) is 2. The molecule has 0 radical (unpaired) electrons. The molecule has 7 aromatic rings. The van der Waals surface area contributed by atoms with E-state index in [4.69, 9.17) is 0 Å². The van der Waals surface area contributed by atoms with Crippen LogP contribution in [0.1, 0.15) is 22.3 Å². The highest BCUT2D eigenvalue weighted by atomic mass is 19.4. The third-order valence-electron chi connectivity index (χ3n) is 9.17. The molecule has 0 atom stereocenters. The average molecular weight is 647 g/mol. The van der Waals surface area contributed by atoms with E-state index in [1.165, 1.54) is 12.4 Å². The quantitative estimate of drug-likeness (QED) is 0.180. The van der Waals surface area contributed by atoms with Crippen LogP contribution in [0.25, 0.3) is 66.8 Å². The fraction of sp³-hybridized carbons (Fsp3) is 0.0909. The van der Waals surface area contributed by atoms with E-state index in [0.29, 0.717) is 5.56 Å². The highest BCUT2D eigenvalue weighted by molar-refractivity contribution is 5.97. The smallest absolute Gasteiger partial charge is 0.264 e. The second kappa shape index (κ2) is 13.0. The van der Waals surface area contributed by atoms with Gasteiger partial charge >= 0.3 is 6.18 Å². The highest BCUT2D eigenvalue weighted by Gasteiger charge is 2.33. The summed E-state index contributed by atoms with van der Waals surface area (Å²) in [4.78, 5) is 8.46. The van der Waals surface area contributed by atoms with Crippen molar-refractivity contribution in [2.45, 2.75) is 26.9 Å². The van der Waals surface area contributed by atoms with E-state index in [0.717, 1.165) is 78.4 Å². The Morgan fingerprint density at radius 1 is 0.388 bits per heavy atom. The van der Waals surface area contributed by atoms with Crippen molar-refractivity contribution in [1.29, 1.82) is 0 Å². The first kappa shape index (κ1) is 31.8. The van der Waals surface area contributed by atoms with Gasteiger partial charge in [-0.25, -0.2) is 0 Å². The van der Waals surface area contributed by atoms with Gasteiger partial charge in [0.25, 0.3) is 0 Å². The van der Waals surface area contributed by atoms with Gasteiger partial charge in [-0.3, -0.25) is 9.97 Å². The van der Waals surface area contributed by atoms with Gasteiger partial charge in [-0.15, -0.1) is 0 Å². The van der Waals surface area contributed by atoms with Gasteiger partial charge in [0.15, 0.2) is 0 Å². The first-order valence-electron chi connectivity index (χ1n) is 16.1. The lowest BCUT2D eigenvalue weighted by molar-refractivity contribution is -0.137. The Balaban J connectivity index is 1.53. The van der Waals surface area contributed by atoms with Crippen LogP contribution in [0.15, 0.2) is 146 Å². The number of halogens is 3. The Kier molecular flexibility index (Phi) is 8.43. The zero-order chi connectivity index (χ0) is 34.1. The summed E-state index contributed by atoms with van der Waals surface area (Å²) in [5.74, 6) is 0. The number of alkyl halides is 3. The molecule has 0 N–H and O–H groups in total. The third kappa shape index (κ3) is 6.28. The van der Waals surface area contributed by atoms with Crippen molar-refractivity contribution in [3.05, 3.63) is 168 Å².